The lowest BCUT2D eigenvalue weighted by atomic mass is 10.1. The van der Waals surface area contributed by atoms with Gasteiger partial charge in [-0.1, -0.05) is 0 Å². The Morgan fingerprint density at radius 3 is 2.56 bits per heavy atom. The highest BCUT2D eigenvalue weighted by molar-refractivity contribution is 7.18. The number of halogens is 3. The van der Waals surface area contributed by atoms with Gasteiger partial charge in [-0.05, 0) is 49.7 Å². The van der Waals surface area contributed by atoms with E-state index in [1.807, 2.05) is 25.1 Å². The molecule has 2 aromatic carbocycles. The minimum absolute atomic E-state index is 0.236. The summed E-state index contributed by atoms with van der Waals surface area (Å²) < 4.78 is 45.5. The van der Waals surface area contributed by atoms with Crippen molar-refractivity contribution in [3.8, 4) is 5.75 Å². The van der Waals surface area contributed by atoms with Crippen LogP contribution in [0.4, 0.5) is 18.9 Å². The molecule has 194 valence electrons. The molecule has 0 bridgehead atoms. The van der Waals surface area contributed by atoms with Crippen LogP contribution in [0, 0.1) is 6.92 Å². The summed E-state index contributed by atoms with van der Waals surface area (Å²) >= 11 is 1.65. The monoisotopic (exact) mass is 520 g/mol. The van der Waals surface area contributed by atoms with E-state index in [0.29, 0.717) is 12.6 Å². The molecule has 2 aliphatic heterocycles. The summed E-state index contributed by atoms with van der Waals surface area (Å²) in [6, 6.07) is 11.7. The number of aliphatic hydroxyl groups excluding tert-OH is 1. The Morgan fingerprint density at radius 1 is 1.08 bits per heavy atom. The van der Waals surface area contributed by atoms with E-state index in [4.69, 9.17) is 4.74 Å². The van der Waals surface area contributed by atoms with Gasteiger partial charge in [-0.15, -0.1) is 11.3 Å². The Hall–Kier alpha value is -2.40. The first-order valence-electron chi connectivity index (χ1n) is 12.3. The fourth-order valence-corrected chi connectivity index (χ4v) is 5.91. The van der Waals surface area contributed by atoms with E-state index in [9.17, 15) is 18.3 Å². The first kappa shape index (κ1) is 25.3. The molecule has 3 aromatic rings. The molecule has 0 amide bonds. The molecule has 1 aromatic heterocycles. The van der Waals surface area contributed by atoms with Crippen molar-refractivity contribution in [3.05, 3.63) is 53.0 Å². The number of thiazole rings is 1. The Kier molecular flexibility index (Phi) is 7.39. The molecular weight excluding hydrogens is 489 g/mol. The van der Waals surface area contributed by atoms with Crippen LogP contribution in [-0.4, -0.2) is 84.5 Å². The van der Waals surface area contributed by atoms with Crippen LogP contribution in [0.2, 0.25) is 0 Å². The lowest BCUT2D eigenvalue weighted by molar-refractivity contribution is -0.137. The van der Waals surface area contributed by atoms with Gasteiger partial charge in [-0.3, -0.25) is 9.80 Å². The van der Waals surface area contributed by atoms with Gasteiger partial charge < -0.3 is 14.7 Å². The van der Waals surface area contributed by atoms with Crippen molar-refractivity contribution >= 4 is 27.2 Å². The smallest absolute Gasteiger partial charge is 0.416 e. The maximum absolute atomic E-state index is 12.8. The zero-order valence-corrected chi connectivity index (χ0v) is 21.1. The second-order valence-electron chi connectivity index (χ2n) is 9.60. The van der Waals surface area contributed by atoms with Crippen molar-refractivity contribution in [2.24, 2.45) is 0 Å². The van der Waals surface area contributed by atoms with E-state index >= 15 is 0 Å². The summed E-state index contributed by atoms with van der Waals surface area (Å²) in [5.74, 6) is 0.718. The van der Waals surface area contributed by atoms with Crippen molar-refractivity contribution in [1.29, 1.82) is 0 Å². The summed E-state index contributed by atoms with van der Waals surface area (Å²) in [6.45, 7) is 8.03. The highest BCUT2D eigenvalue weighted by Crippen LogP contribution is 2.32. The van der Waals surface area contributed by atoms with Crippen LogP contribution in [0.3, 0.4) is 0 Å². The van der Waals surface area contributed by atoms with Crippen LogP contribution in [0.25, 0.3) is 10.2 Å². The van der Waals surface area contributed by atoms with Crippen LogP contribution in [0.1, 0.15) is 17.0 Å². The number of aliphatic hydroxyl groups is 1. The molecule has 0 aliphatic carbocycles. The Morgan fingerprint density at radius 2 is 1.83 bits per heavy atom. The average Bonchev–Trinajstić information content (AvgIpc) is 3.49. The number of anilines is 1. The van der Waals surface area contributed by atoms with Gasteiger partial charge in [0.2, 0.25) is 0 Å². The lowest BCUT2D eigenvalue weighted by Gasteiger charge is -2.38. The van der Waals surface area contributed by atoms with Crippen molar-refractivity contribution in [3.63, 3.8) is 0 Å². The largest absolute Gasteiger partial charge is 0.491 e. The summed E-state index contributed by atoms with van der Waals surface area (Å²) in [7, 11) is 0. The third kappa shape index (κ3) is 5.94. The van der Waals surface area contributed by atoms with Crippen molar-refractivity contribution < 1.29 is 23.0 Å². The van der Waals surface area contributed by atoms with Crippen molar-refractivity contribution in [2.75, 3.05) is 57.3 Å². The molecule has 0 radical (unpaired) electrons. The molecule has 10 heteroatoms. The second-order valence-corrected chi connectivity index (χ2v) is 10.8. The second kappa shape index (κ2) is 10.5. The van der Waals surface area contributed by atoms with E-state index < -0.39 is 17.8 Å². The Labute approximate surface area is 212 Å². The zero-order valence-electron chi connectivity index (χ0n) is 20.2. The average molecular weight is 521 g/mol. The molecule has 5 rings (SSSR count). The van der Waals surface area contributed by atoms with Gasteiger partial charge in [-0.25, -0.2) is 4.98 Å². The van der Waals surface area contributed by atoms with Crippen LogP contribution >= 0.6 is 11.3 Å². The van der Waals surface area contributed by atoms with E-state index in [1.54, 1.807) is 23.5 Å². The van der Waals surface area contributed by atoms with E-state index in [0.717, 1.165) is 84.5 Å². The van der Waals surface area contributed by atoms with Crippen LogP contribution in [-0.2, 0) is 6.18 Å². The van der Waals surface area contributed by atoms with Gasteiger partial charge in [0.25, 0.3) is 0 Å². The lowest BCUT2D eigenvalue weighted by Crippen LogP contribution is -2.52. The van der Waals surface area contributed by atoms with Gasteiger partial charge in [0, 0.05) is 63.6 Å². The molecule has 36 heavy (non-hydrogen) atoms. The third-order valence-corrected chi connectivity index (χ3v) is 7.98. The number of rotatable bonds is 7. The summed E-state index contributed by atoms with van der Waals surface area (Å²) in [5, 5.41) is 11.5. The molecule has 6 nitrogen and oxygen atoms in total. The number of ether oxygens (including phenoxy) is 1. The number of β-amino-alcohol motifs (C(OH)–C–C–N with tert-alkyl or cyclic N) is 1. The highest BCUT2D eigenvalue weighted by atomic mass is 32.1. The first-order chi connectivity index (χ1) is 17.2. The quantitative estimate of drug-likeness (QED) is 0.503. The summed E-state index contributed by atoms with van der Waals surface area (Å²) in [4.78, 5) is 11.4. The van der Waals surface area contributed by atoms with E-state index in [1.165, 1.54) is 0 Å². The number of hydrogen-bond acceptors (Lipinski definition) is 7. The third-order valence-electron chi connectivity index (χ3n) is 7.02. The molecule has 0 spiro atoms. The topological polar surface area (TPSA) is 52.1 Å². The van der Waals surface area contributed by atoms with Crippen LogP contribution < -0.4 is 9.64 Å². The minimum atomic E-state index is -4.31. The summed E-state index contributed by atoms with van der Waals surface area (Å²) in [6.07, 6.45) is -3.88. The molecule has 2 fully saturated rings. The van der Waals surface area contributed by atoms with Crippen molar-refractivity contribution in [2.45, 2.75) is 31.7 Å². The van der Waals surface area contributed by atoms with Gasteiger partial charge in [0.05, 0.1) is 20.8 Å². The summed E-state index contributed by atoms with van der Waals surface area (Å²) in [5.41, 5.74) is 1.15. The Bertz CT molecular complexity index is 1160. The number of alkyl halides is 3. The molecule has 0 saturated carbocycles. The molecule has 1 N–H and O–H groups in total. The maximum Gasteiger partial charge on any atom is 0.416 e. The predicted octanol–water partition coefficient (Wildman–Crippen LogP) is 4.26. The molecule has 3 heterocycles. The molecule has 2 aliphatic rings. The standard InChI is InChI=1S/C26H31F3N4O2S/c1-18-30-24-14-23(6-7-25(24)36-18)35-17-22(34)16-31-10-12-32(13-11-31)21-8-9-33(15-21)20-4-2-19(3-5-20)26(27,28)29/h2-7,14,21-22,34H,8-13,15-17H2,1H3/t21?,22-/m1/s1. The number of aryl methyl sites for hydroxylation is 1. The number of benzene rings is 2. The number of nitrogens with zero attached hydrogens (tertiary/aromatic N) is 4. The maximum atomic E-state index is 12.8. The van der Waals surface area contributed by atoms with Gasteiger partial charge >= 0.3 is 6.18 Å². The molecule has 2 saturated heterocycles. The van der Waals surface area contributed by atoms with E-state index in [-0.39, 0.29) is 6.61 Å². The number of aromatic nitrogens is 1. The SMILES string of the molecule is Cc1nc2cc(OC[C@H](O)CN3CCN(C4CCN(c5ccc(C(F)(F)F)cc5)C4)CC3)ccc2s1. The number of fused-ring (bicyclic) bond motifs is 1. The van der Waals surface area contributed by atoms with Gasteiger partial charge in [0.15, 0.2) is 0 Å². The van der Waals surface area contributed by atoms with E-state index in [2.05, 4.69) is 19.7 Å². The Balaban J connectivity index is 1.05. The number of hydrogen-bond donors (Lipinski definition) is 1. The number of piperazine rings is 1. The van der Waals surface area contributed by atoms with Gasteiger partial charge in [-0.2, -0.15) is 13.2 Å². The fraction of sp³-hybridized carbons (Fsp3) is 0.500. The van der Waals surface area contributed by atoms with Crippen molar-refractivity contribution in [1.82, 2.24) is 14.8 Å². The minimum Gasteiger partial charge on any atom is -0.491 e. The molecular formula is C26H31F3N4O2S. The molecule has 2 atom stereocenters. The molecule has 1 unspecified atom stereocenters. The normalized spacial score (nSPS) is 20.8. The predicted molar refractivity (Wildman–Crippen MR) is 136 cm³/mol. The van der Waals surface area contributed by atoms with Gasteiger partial charge in [0.1, 0.15) is 18.5 Å². The highest BCUT2D eigenvalue weighted by Gasteiger charge is 2.32. The van der Waals surface area contributed by atoms with Crippen LogP contribution in [0.15, 0.2) is 42.5 Å². The first-order valence-corrected chi connectivity index (χ1v) is 13.1. The fourth-order valence-electron chi connectivity index (χ4n) is 5.10. The van der Waals surface area contributed by atoms with Crippen LogP contribution in [0.5, 0.6) is 5.75 Å². The zero-order chi connectivity index (χ0) is 25.3.